The molecular weight excluding hydrogens is 276 g/mol. The van der Waals surface area contributed by atoms with Gasteiger partial charge in [-0.25, -0.2) is 8.78 Å². The Hall–Kier alpha value is -2.14. The fourth-order valence-corrected chi connectivity index (χ4v) is 1.92. The average Bonchev–Trinajstić information content (AvgIpc) is 2.45. The minimum atomic E-state index is -0.628. The summed E-state index contributed by atoms with van der Waals surface area (Å²) in [5, 5.41) is 0. The molecule has 0 aliphatic carbocycles. The summed E-state index contributed by atoms with van der Waals surface area (Å²) in [4.78, 5) is 0. The van der Waals surface area contributed by atoms with Gasteiger partial charge in [0.15, 0.2) is 11.5 Å². The highest BCUT2D eigenvalue weighted by atomic mass is 19.1. The van der Waals surface area contributed by atoms with Crippen molar-refractivity contribution in [1.29, 1.82) is 0 Å². The first-order chi connectivity index (χ1) is 10.1. The molecule has 0 aromatic heterocycles. The fraction of sp³-hybridized carbons (Fsp3) is 0.250. The largest absolute Gasteiger partial charge is 0.490 e. The molecule has 0 unspecified atom stereocenters. The Bertz CT molecular complexity index is 597. The Kier molecular flexibility index (Phi) is 5.11. The lowest BCUT2D eigenvalue weighted by Crippen LogP contribution is -2.02. The summed E-state index contributed by atoms with van der Waals surface area (Å²) in [7, 11) is 0. The van der Waals surface area contributed by atoms with Crippen LogP contribution in [0.4, 0.5) is 8.78 Å². The van der Waals surface area contributed by atoms with Crippen molar-refractivity contribution in [1.82, 2.24) is 0 Å². The van der Waals surface area contributed by atoms with E-state index in [1.807, 2.05) is 13.0 Å². The lowest BCUT2D eigenvalue weighted by atomic mass is 10.2. The summed E-state index contributed by atoms with van der Waals surface area (Å²) in [5.41, 5.74) is 6.92. The Labute approximate surface area is 122 Å². The second-order valence-corrected chi connectivity index (χ2v) is 4.48. The molecule has 0 fully saturated rings. The van der Waals surface area contributed by atoms with E-state index in [-0.39, 0.29) is 6.61 Å². The van der Waals surface area contributed by atoms with Crippen molar-refractivity contribution in [3.05, 3.63) is 59.2 Å². The molecule has 2 aromatic rings. The van der Waals surface area contributed by atoms with Crippen molar-refractivity contribution in [2.75, 3.05) is 6.61 Å². The molecule has 0 aliphatic heterocycles. The molecule has 0 heterocycles. The summed E-state index contributed by atoms with van der Waals surface area (Å²) < 4.78 is 37.3. The molecule has 0 saturated carbocycles. The van der Waals surface area contributed by atoms with Gasteiger partial charge in [-0.2, -0.15) is 0 Å². The van der Waals surface area contributed by atoms with Crippen molar-refractivity contribution in [2.45, 2.75) is 20.1 Å². The molecule has 2 rings (SSSR count). The first-order valence-electron chi connectivity index (χ1n) is 6.66. The van der Waals surface area contributed by atoms with E-state index in [0.717, 1.165) is 11.6 Å². The van der Waals surface area contributed by atoms with Gasteiger partial charge in [0.25, 0.3) is 0 Å². The highest BCUT2D eigenvalue weighted by molar-refractivity contribution is 5.43. The predicted molar refractivity (Wildman–Crippen MR) is 76.2 cm³/mol. The van der Waals surface area contributed by atoms with Gasteiger partial charge in [0.05, 0.1) is 6.61 Å². The van der Waals surface area contributed by atoms with Gasteiger partial charge in [0.1, 0.15) is 18.2 Å². The average molecular weight is 293 g/mol. The molecule has 5 heteroatoms. The summed E-state index contributed by atoms with van der Waals surface area (Å²) in [6, 6.07) is 8.65. The fourth-order valence-electron chi connectivity index (χ4n) is 1.92. The smallest absolute Gasteiger partial charge is 0.161 e. The van der Waals surface area contributed by atoms with Crippen LogP contribution in [0.15, 0.2) is 36.4 Å². The van der Waals surface area contributed by atoms with E-state index >= 15 is 0 Å². The van der Waals surface area contributed by atoms with E-state index in [1.165, 1.54) is 12.1 Å². The molecule has 0 amide bonds. The van der Waals surface area contributed by atoms with Gasteiger partial charge in [-0.15, -0.1) is 0 Å². The van der Waals surface area contributed by atoms with Crippen LogP contribution in [0.2, 0.25) is 0 Å². The number of halogens is 2. The van der Waals surface area contributed by atoms with Gasteiger partial charge in [0, 0.05) is 12.6 Å². The van der Waals surface area contributed by atoms with Crippen molar-refractivity contribution in [3.8, 4) is 11.5 Å². The minimum absolute atomic E-state index is 0.0523. The maximum absolute atomic E-state index is 13.1. The molecule has 0 bridgehead atoms. The van der Waals surface area contributed by atoms with Crippen molar-refractivity contribution >= 4 is 0 Å². The number of ether oxygens (including phenoxy) is 2. The molecule has 2 aromatic carbocycles. The molecule has 21 heavy (non-hydrogen) atoms. The van der Waals surface area contributed by atoms with E-state index in [9.17, 15) is 8.78 Å². The number of benzene rings is 2. The molecular formula is C16H17F2NO2. The highest BCUT2D eigenvalue weighted by Gasteiger charge is 2.08. The van der Waals surface area contributed by atoms with Crippen molar-refractivity contribution < 1.29 is 18.3 Å². The molecule has 0 spiro atoms. The standard InChI is InChI=1S/C16H17F2NO2/c1-2-20-16-7-11(9-19)3-4-15(16)21-10-12-5-13(17)8-14(18)6-12/h3-8H,2,9-10,19H2,1H3. The van der Waals surface area contributed by atoms with Crippen LogP contribution in [-0.4, -0.2) is 6.61 Å². The zero-order valence-electron chi connectivity index (χ0n) is 11.7. The molecule has 0 saturated heterocycles. The zero-order chi connectivity index (χ0) is 15.2. The van der Waals surface area contributed by atoms with Gasteiger partial charge < -0.3 is 15.2 Å². The summed E-state index contributed by atoms with van der Waals surface area (Å²) in [6.45, 7) is 2.80. The third kappa shape index (κ3) is 4.16. The van der Waals surface area contributed by atoms with E-state index in [0.29, 0.717) is 30.2 Å². The highest BCUT2D eigenvalue weighted by Crippen LogP contribution is 2.29. The van der Waals surface area contributed by atoms with Crippen molar-refractivity contribution in [2.24, 2.45) is 5.73 Å². The SMILES string of the molecule is CCOc1cc(CN)ccc1OCc1cc(F)cc(F)c1. The van der Waals surface area contributed by atoms with Crippen LogP contribution in [0, 0.1) is 11.6 Å². The van der Waals surface area contributed by atoms with Crippen LogP contribution in [0.1, 0.15) is 18.1 Å². The van der Waals surface area contributed by atoms with E-state index in [2.05, 4.69) is 0 Å². The second kappa shape index (κ2) is 7.04. The number of hydrogen-bond acceptors (Lipinski definition) is 3. The zero-order valence-corrected chi connectivity index (χ0v) is 11.7. The Morgan fingerprint density at radius 2 is 1.62 bits per heavy atom. The lowest BCUT2D eigenvalue weighted by Gasteiger charge is -2.13. The summed E-state index contributed by atoms with van der Waals surface area (Å²) >= 11 is 0. The van der Waals surface area contributed by atoms with Crippen LogP contribution in [0.3, 0.4) is 0 Å². The normalized spacial score (nSPS) is 10.5. The Morgan fingerprint density at radius 1 is 0.905 bits per heavy atom. The first kappa shape index (κ1) is 15.3. The molecule has 0 radical (unpaired) electrons. The summed E-state index contributed by atoms with van der Waals surface area (Å²) in [6.07, 6.45) is 0. The van der Waals surface area contributed by atoms with Gasteiger partial charge in [-0.1, -0.05) is 6.07 Å². The first-order valence-corrected chi connectivity index (χ1v) is 6.66. The van der Waals surface area contributed by atoms with Crippen LogP contribution in [0.5, 0.6) is 11.5 Å². The molecule has 0 atom stereocenters. The third-order valence-corrected chi connectivity index (χ3v) is 2.86. The van der Waals surface area contributed by atoms with Crippen LogP contribution in [-0.2, 0) is 13.2 Å². The Morgan fingerprint density at radius 3 is 2.24 bits per heavy atom. The quantitative estimate of drug-likeness (QED) is 0.887. The van der Waals surface area contributed by atoms with Crippen LogP contribution < -0.4 is 15.2 Å². The topological polar surface area (TPSA) is 44.5 Å². The van der Waals surface area contributed by atoms with E-state index < -0.39 is 11.6 Å². The molecule has 0 aliphatic rings. The third-order valence-electron chi connectivity index (χ3n) is 2.86. The minimum Gasteiger partial charge on any atom is -0.490 e. The van der Waals surface area contributed by atoms with E-state index in [4.69, 9.17) is 15.2 Å². The number of rotatable bonds is 6. The number of nitrogens with two attached hydrogens (primary N) is 1. The van der Waals surface area contributed by atoms with E-state index in [1.54, 1.807) is 12.1 Å². The van der Waals surface area contributed by atoms with Gasteiger partial charge in [-0.3, -0.25) is 0 Å². The van der Waals surface area contributed by atoms with Crippen LogP contribution in [0.25, 0.3) is 0 Å². The van der Waals surface area contributed by atoms with Crippen molar-refractivity contribution in [3.63, 3.8) is 0 Å². The van der Waals surface area contributed by atoms with Gasteiger partial charge in [-0.05, 0) is 42.3 Å². The molecule has 2 N–H and O–H groups in total. The molecule has 3 nitrogen and oxygen atoms in total. The Balaban J connectivity index is 2.15. The van der Waals surface area contributed by atoms with Crippen LogP contribution >= 0.6 is 0 Å². The monoisotopic (exact) mass is 293 g/mol. The lowest BCUT2D eigenvalue weighted by molar-refractivity contribution is 0.268. The predicted octanol–water partition coefficient (Wildman–Crippen LogP) is 3.40. The maximum atomic E-state index is 13.1. The molecule has 112 valence electrons. The number of hydrogen-bond donors (Lipinski definition) is 1. The summed E-state index contributed by atoms with van der Waals surface area (Å²) in [5.74, 6) is -0.176. The van der Waals surface area contributed by atoms with Gasteiger partial charge in [0.2, 0.25) is 0 Å². The maximum Gasteiger partial charge on any atom is 0.161 e. The van der Waals surface area contributed by atoms with Gasteiger partial charge >= 0.3 is 0 Å². The second-order valence-electron chi connectivity index (χ2n) is 4.48.